The van der Waals surface area contributed by atoms with Gasteiger partial charge in [-0.1, -0.05) is 20.3 Å². The molecular formula is C16H26N2O. The average molecular weight is 262 g/mol. The van der Waals surface area contributed by atoms with Crippen molar-refractivity contribution in [2.24, 2.45) is 23.7 Å². The molecule has 4 fully saturated rings. The lowest BCUT2D eigenvalue weighted by atomic mass is 10.0. The Bertz CT molecular complexity index is 380. The van der Waals surface area contributed by atoms with Crippen molar-refractivity contribution >= 4 is 5.91 Å². The molecular weight excluding hydrogens is 236 g/mol. The van der Waals surface area contributed by atoms with E-state index in [0.717, 1.165) is 42.9 Å². The first kappa shape index (κ1) is 12.2. The highest BCUT2D eigenvalue weighted by atomic mass is 16.2. The molecule has 2 bridgehead atoms. The fraction of sp³-hybridized carbons (Fsp3) is 0.938. The van der Waals surface area contributed by atoms with E-state index in [1.807, 2.05) is 0 Å². The Labute approximate surface area is 116 Å². The minimum atomic E-state index is 0.105. The molecule has 0 radical (unpaired) electrons. The normalized spacial score (nSPS) is 50.9. The second kappa shape index (κ2) is 4.21. The first-order chi connectivity index (χ1) is 9.26. The molecule has 106 valence electrons. The summed E-state index contributed by atoms with van der Waals surface area (Å²) in [5.41, 5.74) is 0. The van der Waals surface area contributed by atoms with Gasteiger partial charge in [0, 0.05) is 6.04 Å². The van der Waals surface area contributed by atoms with Gasteiger partial charge in [-0.05, 0) is 55.8 Å². The fourth-order valence-corrected chi connectivity index (χ4v) is 5.53. The van der Waals surface area contributed by atoms with Gasteiger partial charge in [-0.15, -0.1) is 0 Å². The van der Waals surface area contributed by atoms with E-state index >= 15 is 0 Å². The second-order valence-corrected chi connectivity index (χ2v) is 7.16. The molecule has 19 heavy (non-hydrogen) atoms. The van der Waals surface area contributed by atoms with E-state index in [0.29, 0.717) is 18.1 Å². The lowest BCUT2D eigenvalue weighted by molar-refractivity contribution is -0.131. The fourth-order valence-electron chi connectivity index (χ4n) is 5.53. The third kappa shape index (κ3) is 1.57. The third-order valence-electron chi connectivity index (χ3n) is 6.26. The van der Waals surface area contributed by atoms with Crippen LogP contribution in [-0.4, -0.2) is 29.1 Å². The molecule has 4 aliphatic rings. The number of carbonyl (C=O) groups excluding carboxylic acids is 1. The molecule has 3 aliphatic carbocycles. The van der Waals surface area contributed by atoms with Gasteiger partial charge in [-0.25, -0.2) is 0 Å². The summed E-state index contributed by atoms with van der Waals surface area (Å²) in [4.78, 5) is 15.0. The van der Waals surface area contributed by atoms with Crippen LogP contribution < -0.4 is 5.32 Å². The summed E-state index contributed by atoms with van der Waals surface area (Å²) in [6.07, 6.45) is 7.81. The van der Waals surface area contributed by atoms with Crippen LogP contribution in [0, 0.1) is 23.7 Å². The zero-order chi connectivity index (χ0) is 13.1. The Morgan fingerprint density at radius 1 is 1.21 bits per heavy atom. The van der Waals surface area contributed by atoms with Gasteiger partial charge in [0.2, 0.25) is 5.91 Å². The summed E-state index contributed by atoms with van der Waals surface area (Å²) in [5.74, 6) is 4.07. The minimum absolute atomic E-state index is 0.105. The minimum Gasteiger partial charge on any atom is -0.322 e. The molecule has 3 heteroatoms. The van der Waals surface area contributed by atoms with Gasteiger partial charge in [0.15, 0.2) is 0 Å². The highest BCUT2D eigenvalue weighted by Gasteiger charge is 2.69. The maximum Gasteiger partial charge on any atom is 0.241 e. The molecule has 1 aliphatic heterocycles. The topological polar surface area (TPSA) is 32.3 Å². The van der Waals surface area contributed by atoms with Crippen molar-refractivity contribution in [3.8, 4) is 0 Å². The summed E-state index contributed by atoms with van der Waals surface area (Å²) < 4.78 is 0. The largest absolute Gasteiger partial charge is 0.322 e. The Morgan fingerprint density at radius 2 is 1.89 bits per heavy atom. The molecule has 6 atom stereocenters. The van der Waals surface area contributed by atoms with Gasteiger partial charge < -0.3 is 4.90 Å². The van der Waals surface area contributed by atoms with Crippen LogP contribution in [0.5, 0.6) is 0 Å². The summed E-state index contributed by atoms with van der Waals surface area (Å²) in [6, 6.07) is 0.715. The van der Waals surface area contributed by atoms with Crippen molar-refractivity contribution in [1.29, 1.82) is 0 Å². The van der Waals surface area contributed by atoms with Crippen LogP contribution in [0.4, 0.5) is 0 Å². The van der Waals surface area contributed by atoms with Gasteiger partial charge in [0.25, 0.3) is 0 Å². The molecule has 3 saturated carbocycles. The molecule has 0 aromatic carbocycles. The van der Waals surface area contributed by atoms with E-state index in [9.17, 15) is 4.79 Å². The van der Waals surface area contributed by atoms with Crippen LogP contribution in [0.25, 0.3) is 0 Å². The number of nitrogens with zero attached hydrogens (tertiary/aromatic N) is 1. The number of carbonyl (C=O) groups is 1. The van der Waals surface area contributed by atoms with Gasteiger partial charge in [-0.3, -0.25) is 10.1 Å². The summed E-state index contributed by atoms with van der Waals surface area (Å²) in [5, 5.41) is 3.58. The smallest absolute Gasteiger partial charge is 0.241 e. The Balaban J connectivity index is 1.53. The van der Waals surface area contributed by atoms with Crippen LogP contribution in [0.3, 0.4) is 0 Å². The molecule has 1 N–H and O–H groups in total. The molecule has 0 spiro atoms. The number of rotatable bonds is 4. The Kier molecular flexibility index (Phi) is 2.70. The lowest BCUT2D eigenvalue weighted by Crippen LogP contribution is -2.40. The second-order valence-electron chi connectivity index (χ2n) is 7.16. The molecule has 6 unspecified atom stereocenters. The number of amides is 1. The van der Waals surface area contributed by atoms with Crippen molar-refractivity contribution in [1.82, 2.24) is 10.2 Å². The van der Waals surface area contributed by atoms with E-state index < -0.39 is 0 Å². The molecule has 4 rings (SSSR count). The van der Waals surface area contributed by atoms with Crippen LogP contribution in [-0.2, 0) is 4.79 Å². The highest BCUT2D eigenvalue weighted by Crippen LogP contribution is 2.67. The quantitative estimate of drug-likeness (QED) is 0.843. The maximum absolute atomic E-state index is 12.7. The van der Waals surface area contributed by atoms with Gasteiger partial charge in [0.05, 0.1) is 12.2 Å². The van der Waals surface area contributed by atoms with Crippen LogP contribution >= 0.6 is 0 Å². The van der Waals surface area contributed by atoms with E-state index in [-0.39, 0.29) is 6.04 Å². The summed E-state index contributed by atoms with van der Waals surface area (Å²) in [7, 11) is 0. The van der Waals surface area contributed by atoms with Crippen molar-refractivity contribution in [2.45, 2.75) is 70.6 Å². The predicted octanol–water partition coefficient (Wildman–Crippen LogP) is 2.37. The number of fused-ring (bicyclic) bond motifs is 5. The van der Waals surface area contributed by atoms with Crippen LogP contribution in [0.15, 0.2) is 0 Å². The van der Waals surface area contributed by atoms with Crippen LogP contribution in [0.2, 0.25) is 0 Å². The first-order valence-electron chi connectivity index (χ1n) is 8.34. The number of hydrogen-bond donors (Lipinski definition) is 1. The van der Waals surface area contributed by atoms with E-state index in [1.165, 1.54) is 19.3 Å². The van der Waals surface area contributed by atoms with Gasteiger partial charge >= 0.3 is 0 Å². The Hall–Kier alpha value is -0.570. The first-order valence-corrected chi connectivity index (χ1v) is 8.34. The molecule has 1 amide bonds. The predicted molar refractivity (Wildman–Crippen MR) is 74.4 cm³/mol. The van der Waals surface area contributed by atoms with Crippen molar-refractivity contribution in [2.75, 3.05) is 0 Å². The third-order valence-corrected chi connectivity index (χ3v) is 6.26. The highest BCUT2D eigenvalue weighted by molar-refractivity contribution is 5.85. The molecule has 0 aromatic heterocycles. The standard InChI is InChI=1S/C16H26N2O/c1-3-5-11-16(19)18(12(4-2)17-11)15-13-9-6-7-10(8-9)14(13)15/h9-15,17H,3-8H2,1-2H3. The Morgan fingerprint density at radius 3 is 2.47 bits per heavy atom. The maximum atomic E-state index is 12.7. The van der Waals surface area contributed by atoms with Crippen molar-refractivity contribution in [3.63, 3.8) is 0 Å². The van der Waals surface area contributed by atoms with E-state index in [2.05, 4.69) is 24.1 Å². The zero-order valence-electron chi connectivity index (χ0n) is 12.1. The molecule has 3 nitrogen and oxygen atoms in total. The van der Waals surface area contributed by atoms with E-state index in [4.69, 9.17) is 0 Å². The van der Waals surface area contributed by atoms with E-state index in [1.54, 1.807) is 0 Å². The molecule has 1 saturated heterocycles. The lowest BCUT2D eigenvalue weighted by Gasteiger charge is -2.26. The zero-order valence-corrected chi connectivity index (χ0v) is 12.1. The summed E-state index contributed by atoms with van der Waals surface area (Å²) >= 11 is 0. The molecule has 1 heterocycles. The van der Waals surface area contributed by atoms with Gasteiger partial charge in [0.1, 0.15) is 0 Å². The monoisotopic (exact) mass is 262 g/mol. The van der Waals surface area contributed by atoms with Gasteiger partial charge in [-0.2, -0.15) is 0 Å². The SMILES string of the molecule is CCCC1NC(CC)N(C2C3C4CCC(C4)C32)C1=O. The van der Waals surface area contributed by atoms with Crippen molar-refractivity contribution < 1.29 is 4.79 Å². The van der Waals surface area contributed by atoms with Crippen LogP contribution in [0.1, 0.15) is 52.4 Å². The number of nitrogens with one attached hydrogen (secondary N) is 1. The van der Waals surface area contributed by atoms with Crippen molar-refractivity contribution in [3.05, 3.63) is 0 Å². The average Bonchev–Trinajstić information content (AvgIpc) is 2.76. The number of hydrogen-bond acceptors (Lipinski definition) is 2. The molecule has 0 aromatic rings. The summed E-state index contributed by atoms with van der Waals surface area (Å²) in [6.45, 7) is 4.38.